The highest BCUT2D eigenvalue weighted by atomic mass is 19.1. The largest absolute Gasteiger partial charge is 0.448 e. The molecule has 0 N–H and O–H groups in total. The van der Waals surface area contributed by atoms with E-state index >= 15 is 0 Å². The maximum absolute atomic E-state index is 14.6. The average Bonchev–Trinajstić information content (AvgIpc) is 2.63. The number of hydrogen-bond acceptors (Lipinski definition) is 2. The first-order valence-corrected chi connectivity index (χ1v) is 6.42. The molecule has 1 spiro atoms. The molecule has 1 aliphatic heterocycles. The summed E-state index contributed by atoms with van der Waals surface area (Å²) in [5.74, 6) is -0.876. The van der Waals surface area contributed by atoms with Crippen molar-refractivity contribution in [3.8, 4) is 0 Å². The lowest BCUT2D eigenvalue weighted by molar-refractivity contribution is -0.148. The standard InChI is InChI=1S/C15H15FO2/c16-13-12(11-7-3-1-4-8-11)14(17)18-15(13)9-5-2-6-10-15/h1,3-4,7-8H,2,5-6,9-10H2. The van der Waals surface area contributed by atoms with Gasteiger partial charge in [0.05, 0.1) is 0 Å². The van der Waals surface area contributed by atoms with Crippen LogP contribution in [0.15, 0.2) is 36.2 Å². The molecular formula is C15H15FO2. The highest BCUT2D eigenvalue weighted by Crippen LogP contribution is 2.46. The van der Waals surface area contributed by atoms with Crippen molar-refractivity contribution in [3.05, 3.63) is 41.7 Å². The van der Waals surface area contributed by atoms with Gasteiger partial charge in [-0.05, 0) is 31.2 Å². The van der Waals surface area contributed by atoms with Crippen molar-refractivity contribution in [2.24, 2.45) is 0 Å². The van der Waals surface area contributed by atoms with Gasteiger partial charge in [-0.15, -0.1) is 0 Å². The topological polar surface area (TPSA) is 26.3 Å². The van der Waals surface area contributed by atoms with Gasteiger partial charge in [0.25, 0.3) is 0 Å². The summed E-state index contributed by atoms with van der Waals surface area (Å²) in [5.41, 5.74) is -0.222. The molecule has 0 bridgehead atoms. The molecule has 2 nitrogen and oxygen atoms in total. The van der Waals surface area contributed by atoms with E-state index in [1.807, 2.05) is 6.07 Å². The van der Waals surface area contributed by atoms with E-state index in [1.54, 1.807) is 24.3 Å². The second-order valence-electron chi connectivity index (χ2n) is 5.00. The lowest BCUT2D eigenvalue weighted by Crippen LogP contribution is -2.33. The molecule has 1 fully saturated rings. The fourth-order valence-corrected chi connectivity index (χ4v) is 2.88. The van der Waals surface area contributed by atoms with Gasteiger partial charge in [-0.3, -0.25) is 0 Å². The summed E-state index contributed by atoms with van der Waals surface area (Å²) in [4.78, 5) is 11.9. The Morgan fingerprint density at radius 2 is 1.72 bits per heavy atom. The number of benzene rings is 1. The minimum Gasteiger partial charge on any atom is -0.448 e. The molecule has 94 valence electrons. The Labute approximate surface area is 105 Å². The Morgan fingerprint density at radius 3 is 2.39 bits per heavy atom. The summed E-state index contributed by atoms with van der Waals surface area (Å²) in [6.45, 7) is 0. The monoisotopic (exact) mass is 246 g/mol. The van der Waals surface area contributed by atoms with Crippen molar-refractivity contribution in [2.45, 2.75) is 37.7 Å². The molecule has 0 aromatic heterocycles. The minimum atomic E-state index is -0.958. The predicted octanol–water partition coefficient (Wildman–Crippen LogP) is 3.63. The van der Waals surface area contributed by atoms with Gasteiger partial charge in [0.2, 0.25) is 0 Å². The van der Waals surface area contributed by atoms with Gasteiger partial charge in [-0.2, -0.15) is 0 Å². The van der Waals surface area contributed by atoms with Crippen molar-refractivity contribution < 1.29 is 13.9 Å². The second-order valence-corrected chi connectivity index (χ2v) is 5.00. The first-order valence-electron chi connectivity index (χ1n) is 6.42. The van der Waals surface area contributed by atoms with Crippen LogP contribution >= 0.6 is 0 Å². The van der Waals surface area contributed by atoms with Crippen LogP contribution in [0, 0.1) is 0 Å². The van der Waals surface area contributed by atoms with E-state index in [9.17, 15) is 9.18 Å². The smallest absolute Gasteiger partial charge is 0.342 e. The second kappa shape index (κ2) is 4.23. The summed E-state index contributed by atoms with van der Waals surface area (Å²) < 4.78 is 20.0. The summed E-state index contributed by atoms with van der Waals surface area (Å²) in [7, 11) is 0. The lowest BCUT2D eigenvalue weighted by Gasteiger charge is -2.31. The van der Waals surface area contributed by atoms with Crippen LogP contribution in [0.25, 0.3) is 5.57 Å². The van der Waals surface area contributed by atoms with Crippen LogP contribution in [0.5, 0.6) is 0 Å². The van der Waals surface area contributed by atoms with Crippen LogP contribution in [0.3, 0.4) is 0 Å². The van der Waals surface area contributed by atoms with E-state index in [4.69, 9.17) is 4.74 Å². The molecule has 1 aromatic rings. The van der Waals surface area contributed by atoms with E-state index in [0.717, 1.165) is 19.3 Å². The number of hydrogen-bond donors (Lipinski definition) is 0. The Balaban J connectivity index is 2.05. The molecule has 1 saturated carbocycles. The SMILES string of the molecule is O=C1OC2(CCCCC2)C(F)=C1c1ccccc1. The van der Waals surface area contributed by atoms with Gasteiger partial charge in [0.1, 0.15) is 5.57 Å². The van der Waals surface area contributed by atoms with Crippen LogP contribution in [0.2, 0.25) is 0 Å². The third-order valence-corrected chi connectivity index (χ3v) is 3.84. The molecule has 1 heterocycles. The lowest BCUT2D eigenvalue weighted by atomic mass is 9.83. The molecule has 1 aromatic carbocycles. The van der Waals surface area contributed by atoms with Crippen LogP contribution < -0.4 is 0 Å². The molecule has 1 aliphatic carbocycles. The first-order chi connectivity index (χ1) is 8.73. The van der Waals surface area contributed by atoms with Gasteiger partial charge in [-0.1, -0.05) is 36.8 Å². The van der Waals surface area contributed by atoms with Crippen molar-refractivity contribution in [1.82, 2.24) is 0 Å². The number of ether oxygens (including phenoxy) is 1. The highest BCUT2D eigenvalue weighted by Gasteiger charge is 2.49. The molecule has 0 radical (unpaired) electrons. The maximum atomic E-state index is 14.6. The van der Waals surface area contributed by atoms with Crippen molar-refractivity contribution >= 4 is 11.5 Å². The third kappa shape index (κ3) is 1.65. The molecule has 3 heteroatoms. The maximum Gasteiger partial charge on any atom is 0.342 e. The average molecular weight is 246 g/mol. The first kappa shape index (κ1) is 11.5. The number of rotatable bonds is 1. The van der Waals surface area contributed by atoms with Crippen LogP contribution in [-0.2, 0) is 9.53 Å². The molecule has 0 amide bonds. The van der Waals surface area contributed by atoms with Crippen LogP contribution in [0.4, 0.5) is 4.39 Å². The van der Waals surface area contributed by atoms with E-state index in [1.165, 1.54) is 0 Å². The van der Waals surface area contributed by atoms with Crippen molar-refractivity contribution in [3.63, 3.8) is 0 Å². The van der Waals surface area contributed by atoms with E-state index in [-0.39, 0.29) is 11.4 Å². The zero-order valence-electron chi connectivity index (χ0n) is 10.1. The Morgan fingerprint density at radius 1 is 1.06 bits per heavy atom. The number of halogens is 1. The number of carbonyl (C=O) groups excluding carboxylic acids is 1. The van der Waals surface area contributed by atoms with Crippen molar-refractivity contribution in [1.29, 1.82) is 0 Å². The quantitative estimate of drug-likeness (QED) is 0.707. The minimum absolute atomic E-state index is 0.123. The summed E-state index contributed by atoms with van der Waals surface area (Å²) in [6.07, 6.45) is 4.15. The predicted molar refractivity (Wildman–Crippen MR) is 66.4 cm³/mol. The van der Waals surface area contributed by atoms with Gasteiger partial charge in [0.15, 0.2) is 11.4 Å². The molecule has 0 saturated heterocycles. The van der Waals surface area contributed by atoms with E-state index < -0.39 is 11.6 Å². The molecule has 0 atom stereocenters. The van der Waals surface area contributed by atoms with Crippen LogP contribution in [-0.4, -0.2) is 11.6 Å². The Kier molecular flexibility index (Phi) is 2.69. The van der Waals surface area contributed by atoms with Gasteiger partial charge < -0.3 is 4.74 Å². The van der Waals surface area contributed by atoms with E-state index in [0.29, 0.717) is 18.4 Å². The number of carbonyl (C=O) groups is 1. The van der Waals surface area contributed by atoms with E-state index in [2.05, 4.69) is 0 Å². The molecule has 0 unspecified atom stereocenters. The van der Waals surface area contributed by atoms with Crippen molar-refractivity contribution in [2.75, 3.05) is 0 Å². The normalized spacial score (nSPS) is 22.4. The van der Waals surface area contributed by atoms with Gasteiger partial charge >= 0.3 is 5.97 Å². The molecule has 2 aliphatic rings. The van der Waals surface area contributed by atoms with Gasteiger partial charge in [-0.25, -0.2) is 9.18 Å². The van der Waals surface area contributed by atoms with Crippen LogP contribution in [0.1, 0.15) is 37.7 Å². The molecule has 18 heavy (non-hydrogen) atoms. The summed E-state index contributed by atoms with van der Waals surface area (Å²) >= 11 is 0. The molecule has 3 rings (SSSR count). The molecular weight excluding hydrogens is 231 g/mol. The zero-order chi connectivity index (χ0) is 12.6. The fraction of sp³-hybridized carbons (Fsp3) is 0.400. The highest BCUT2D eigenvalue weighted by molar-refractivity contribution is 6.19. The Bertz CT molecular complexity index is 498. The Hall–Kier alpha value is -1.64. The summed E-state index contributed by atoms with van der Waals surface area (Å²) in [6, 6.07) is 8.94. The summed E-state index contributed by atoms with van der Waals surface area (Å²) in [5, 5.41) is 0. The third-order valence-electron chi connectivity index (χ3n) is 3.84. The zero-order valence-corrected chi connectivity index (χ0v) is 10.1. The fourth-order valence-electron chi connectivity index (χ4n) is 2.88. The number of esters is 1. The van der Waals surface area contributed by atoms with Gasteiger partial charge in [0, 0.05) is 0 Å².